The van der Waals surface area contributed by atoms with E-state index in [9.17, 15) is 9.90 Å². The number of ether oxygens (including phenoxy) is 5. The fraction of sp³-hybridized carbons (Fsp3) is 0.348. The molecule has 9 heteroatoms. The lowest BCUT2D eigenvalue weighted by atomic mass is 9.92. The topological polar surface area (TPSA) is 116 Å². The Labute approximate surface area is 185 Å². The van der Waals surface area contributed by atoms with Gasteiger partial charge in [0.1, 0.15) is 5.75 Å². The summed E-state index contributed by atoms with van der Waals surface area (Å²) in [4.78, 5) is 12.9. The lowest BCUT2D eigenvalue weighted by Gasteiger charge is -2.29. The van der Waals surface area contributed by atoms with Crippen molar-refractivity contribution in [1.29, 1.82) is 0 Å². The zero-order valence-corrected chi connectivity index (χ0v) is 17.4. The highest BCUT2D eigenvalue weighted by atomic mass is 16.7. The Bertz CT molecular complexity index is 959. The van der Waals surface area contributed by atoms with Gasteiger partial charge in [-0.05, 0) is 48.0 Å². The molecule has 0 aliphatic carbocycles. The molecule has 32 heavy (non-hydrogen) atoms. The molecular formula is C23H25NO8. The van der Waals surface area contributed by atoms with Gasteiger partial charge in [0.25, 0.3) is 5.91 Å². The first-order chi connectivity index (χ1) is 15.6. The minimum absolute atomic E-state index is 0.0591. The molecule has 2 aliphatic rings. The van der Waals surface area contributed by atoms with Gasteiger partial charge in [-0.2, -0.15) is 0 Å². The van der Waals surface area contributed by atoms with Crippen molar-refractivity contribution in [2.45, 2.75) is 18.6 Å². The van der Waals surface area contributed by atoms with E-state index in [-0.39, 0.29) is 44.0 Å². The Morgan fingerprint density at radius 2 is 1.88 bits per heavy atom. The van der Waals surface area contributed by atoms with Crippen molar-refractivity contribution < 1.29 is 38.7 Å². The first kappa shape index (κ1) is 21.9. The third-order valence-corrected chi connectivity index (χ3v) is 5.00. The number of aliphatic hydroxyl groups is 1. The quantitative estimate of drug-likeness (QED) is 0.400. The fourth-order valence-corrected chi connectivity index (χ4v) is 3.44. The van der Waals surface area contributed by atoms with E-state index < -0.39 is 12.2 Å². The molecule has 0 spiro atoms. The Kier molecular flexibility index (Phi) is 7.10. The largest absolute Gasteiger partial charge is 0.508 e. The summed E-state index contributed by atoms with van der Waals surface area (Å²) < 4.78 is 27.7. The summed E-state index contributed by atoms with van der Waals surface area (Å²) in [6.07, 6.45) is 1.60. The van der Waals surface area contributed by atoms with E-state index in [1.165, 1.54) is 12.1 Å². The number of carbonyl (C=O) groups is 1. The number of allylic oxidation sites excluding steroid dienone is 1. The SMILES string of the molecule is O=C(Nc1ccc(O)cc1)C1=C[C@@H](c2ccc3c(c2)OCO3)C[C@@H](OCCOCCO)O1. The predicted octanol–water partition coefficient (Wildman–Crippen LogP) is 2.50. The maximum atomic E-state index is 12.9. The molecule has 1 amide bonds. The number of anilines is 1. The predicted molar refractivity (Wildman–Crippen MR) is 113 cm³/mol. The second-order valence-electron chi connectivity index (χ2n) is 7.24. The lowest BCUT2D eigenvalue weighted by molar-refractivity contribution is -0.148. The van der Waals surface area contributed by atoms with E-state index in [1.807, 2.05) is 18.2 Å². The monoisotopic (exact) mass is 443 g/mol. The standard InChI is InChI=1S/C23H25NO8/c25-7-8-28-9-10-29-22-13-16(15-1-6-19-20(11-15)31-14-30-19)12-21(32-22)23(27)24-17-2-4-18(26)5-3-17/h1-6,11-12,16,22,25-26H,7-10,13-14H2,(H,24,27)/t16-,22+/m1/s1. The first-order valence-corrected chi connectivity index (χ1v) is 10.3. The number of hydrogen-bond donors (Lipinski definition) is 3. The molecule has 170 valence electrons. The summed E-state index contributed by atoms with van der Waals surface area (Å²) in [6.45, 7) is 0.910. The van der Waals surface area contributed by atoms with Gasteiger partial charge in [0.15, 0.2) is 17.3 Å². The number of hydrogen-bond acceptors (Lipinski definition) is 8. The van der Waals surface area contributed by atoms with Crippen LogP contribution in [-0.4, -0.2) is 55.6 Å². The molecule has 2 aliphatic heterocycles. The number of phenols is 1. The van der Waals surface area contributed by atoms with Crippen LogP contribution in [0.15, 0.2) is 54.3 Å². The van der Waals surface area contributed by atoms with E-state index in [2.05, 4.69) is 5.32 Å². The van der Waals surface area contributed by atoms with E-state index in [0.717, 1.165) is 5.56 Å². The molecule has 0 aromatic heterocycles. The Hall–Kier alpha value is -3.27. The lowest BCUT2D eigenvalue weighted by Crippen LogP contribution is -2.30. The summed E-state index contributed by atoms with van der Waals surface area (Å²) in [5.74, 6) is 1.01. The van der Waals surface area contributed by atoms with Crippen LogP contribution in [-0.2, 0) is 19.0 Å². The highest BCUT2D eigenvalue weighted by Gasteiger charge is 2.30. The second kappa shape index (κ2) is 10.4. The number of benzene rings is 2. The van der Waals surface area contributed by atoms with Crippen LogP contribution >= 0.6 is 0 Å². The molecule has 0 radical (unpaired) electrons. The summed E-state index contributed by atoms with van der Waals surface area (Å²) in [6, 6.07) is 11.8. The molecular weight excluding hydrogens is 418 g/mol. The summed E-state index contributed by atoms with van der Waals surface area (Å²) in [5, 5.41) is 21.0. The fourth-order valence-electron chi connectivity index (χ4n) is 3.44. The van der Waals surface area contributed by atoms with Crippen LogP contribution < -0.4 is 14.8 Å². The van der Waals surface area contributed by atoms with Crippen LogP contribution in [0, 0.1) is 0 Å². The molecule has 2 atom stereocenters. The average Bonchev–Trinajstić information content (AvgIpc) is 3.28. The van der Waals surface area contributed by atoms with Crippen LogP contribution in [0.4, 0.5) is 5.69 Å². The minimum Gasteiger partial charge on any atom is -0.508 e. The molecule has 2 aromatic rings. The van der Waals surface area contributed by atoms with Crippen LogP contribution in [0.1, 0.15) is 17.9 Å². The van der Waals surface area contributed by atoms with Gasteiger partial charge in [-0.1, -0.05) is 6.07 Å². The van der Waals surface area contributed by atoms with Gasteiger partial charge in [0.2, 0.25) is 13.1 Å². The van der Waals surface area contributed by atoms with Crippen molar-refractivity contribution in [2.24, 2.45) is 0 Å². The highest BCUT2D eigenvalue weighted by Crippen LogP contribution is 2.38. The summed E-state index contributed by atoms with van der Waals surface area (Å²) in [7, 11) is 0. The number of amides is 1. The van der Waals surface area contributed by atoms with Gasteiger partial charge in [-0.3, -0.25) is 4.79 Å². The minimum atomic E-state index is -0.659. The van der Waals surface area contributed by atoms with Gasteiger partial charge in [-0.15, -0.1) is 0 Å². The van der Waals surface area contributed by atoms with Crippen molar-refractivity contribution in [3.05, 3.63) is 59.9 Å². The Morgan fingerprint density at radius 1 is 1.06 bits per heavy atom. The van der Waals surface area contributed by atoms with E-state index in [1.54, 1.807) is 18.2 Å². The normalized spacial score (nSPS) is 19.2. The Morgan fingerprint density at radius 3 is 2.69 bits per heavy atom. The van der Waals surface area contributed by atoms with E-state index >= 15 is 0 Å². The molecule has 0 fully saturated rings. The first-order valence-electron chi connectivity index (χ1n) is 10.3. The molecule has 0 saturated carbocycles. The molecule has 2 heterocycles. The molecule has 9 nitrogen and oxygen atoms in total. The number of phenolic OH excluding ortho intramolecular Hbond substituents is 1. The van der Waals surface area contributed by atoms with Crippen molar-refractivity contribution in [2.75, 3.05) is 38.5 Å². The average molecular weight is 443 g/mol. The zero-order chi connectivity index (χ0) is 22.3. The molecule has 3 N–H and O–H groups in total. The van der Waals surface area contributed by atoms with Crippen molar-refractivity contribution in [3.8, 4) is 17.2 Å². The number of rotatable bonds is 9. The number of nitrogens with one attached hydrogen (secondary N) is 1. The number of aliphatic hydroxyl groups excluding tert-OH is 1. The van der Waals surface area contributed by atoms with Crippen LogP contribution in [0.25, 0.3) is 0 Å². The van der Waals surface area contributed by atoms with Crippen LogP contribution in [0.2, 0.25) is 0 Å². The Balaban J connectivity index is 1.49. The van der Waals surface area contributed by atoms with Crippen molar-refractivity contribution in [1.82, 2.24) is 0 Å². The molecule has 0 unspecified atom stereocenters. The van der Waals surface area contributed by atoms with E-state index in [4.69, 9.17) is 28.8 Å². The summed E-state index contributed by atoms with van der Waals surface area (Å²) >= 11 is 0. The molecule has 0 saturated heterocycles. The summed E-state index contributed by atoms with van der Waals surface area (Å²) in [5.41, 5.74) is 1.47. The highest BCUT2D eigenvalue weighted by molar-refractivity contribution is 6.02. The van der Waals surface area contributed by atoms with Gasteiger partial charge < -0.3 is 39.2 Å². The smallest absolute Gasteiger partial charge is 0.290 e. The third kappa shape index (κ3) is 5.50. The molecule has 0 bridgehead atoms. The van der Waals surface area contributed by atoms with Gasteiger partial charge in [-0.25, -0.2) is 0 Å². The van der Waals surface area contributed by atoms with Crippen molar-refractivity contribution in [3.63, 3.8) is 0 Å². The van der Waals surface area contributed by atoms with Crippen molar-refractivity contribution >= 4 is 11.6 Å². The zero-order valence-electron chi connectivity index (χ0n) is 17.4. The number of fused-ring (bicyclic) bond motifs is 1. The third-order valence-electron chi connectivity index (χ3n) is 5.00. The van der Waals surface area contributed by atoms with Crippen LogP contribution in [0.3, 0.4) is 0 Å². The second-order valence-corrected chi connectivity index (χ2v) is 7.24. The van der Waals surface area contributed by atoms with E-state index in [0.29, 0.717) is 30.2 Å². The van der Waals surface area contributed by atoms with Crippen LogP contribution in [0.5, 0.6) is 17.2 Å². The molecule has 2 aromatic carbocycles. The maximum Gasteiger partial charge on any atom is 0.290 e. The molecule has 4 rings (SSSR count). The number of carbonyl (C=O) groups excluding carboxylic acids is 1. The van der Waals surface area contributed by atoms with Gasteiger partial charge in [0.05, 0.1) is 26.4 Å². The van der Waals surface area contributed by atoms with Gasteiger partial charge in [0, 0.05) is 18.0 Å². The van der Waals surface area contributed by atoms with Gasteiger partial charge >= 0.3 is 0 Å². The number of aromatic hydroxyl groups is 1. The maximum absolute atomic E-state index is 12.9.